The van der Waals surface area contributed by atoms with Gasteiger partial charge in [-0.3, -0.25) is 0 Å². The first-order chi connectivity index (χ1) is 10.3. The Morgan fingerprint density at radius 1 is 0.864 bits per heavy atom. The Morgan fingerprint density at radius 2 is 1.50 bits per heavy atom. The monoisotopic (exact) mass is 314 g/mol. The van der Waals surface area contributed by atoms with E-state index in [0.717, 1.165) is 23.5 Å². The second-order valence-corrected chi connectivity index (χ2v) is 4.94. The number of benzene rings is 2. The van der Waals surface area contributed by atoms with E-state index in [2.05, 4.69) is 51.9 Å². The summed E-state index contributed by atoms with van der Waals surface area (Å²) >= 11 is 0. The van der Waals surface area contributed by atoms with Crippen molar-refractivity contribution in [2.45, 2.75) is 13.1 Å². The van der Waals surface area contributed by atoms with Gasteiger partial charge >= 0.3 is 0 Å². The summed E-state index contributed by atoms with van der Waals surface area (Å²) in [7, 11) is 1.85. The van der Waals surface area contributed by atoms with Gasteiger partial charge in [0.25, 0.3) is 0 Å². The standard InChI is InChI=1S/C17H18N4.ClH/c1-21-19-16(13-18-12-14-8-4-2-5-9-14)17(20-21)15-10-6-3-7-11-15;/h2-11,18H,12-13H2,1H3;1H. The van der Waals surface area contributed by atoms with Crippen LogP contribution < -0.4 is 5.32 Å². The normalized spacial score (nSPS) is 10.2. The van der Waals surface area contributed by atoms with E-state index in [1.807, 2.05) is 31.3 Å². The zero-order chi connectivity index (χ0) is 14.5. The Bertz CT molecular complexity index is 695. The molecule has 1 heterocycles. The fourth-order valence-corrected chi connectivity index (χ4v) is 2.31. The summed E-state index contributed by atoms with van der Waals surface area (Å²) in [5.74, 6) is 0. The summed E-state index contributed by atoms with van der Waals surface area (Å²) in [4.78, 5) is 1.63. The number of halogens is 1. The van der Waals surface area contributed by atoms with Gasteiger partial charge in [-0.15, -0.1) is 12.4 Å². The van der Waals surface area contributed by atoms with Gasteiger partial charge in [-0.25, -0.2) is 0 Å². The molecule has 0 aliphatic carbocycles. The Kier molecular flexibility index (Phi) is 5.69. The molecule has 0 fully saturated rings. The van der Waals surface area contributed by atoms with Crippen LogP contribution >= 0.6 is 12.4 Å². The van der Waals surface area contributed by atoms with E-state index in [4.69, 9.17) is 0 Å². The van der Waals surface area contributed by atoms with Crippen molar-refractivity contribution in [2.75, 3.05) is 0 Å². The number of nitrogens with zero attached hydrogens (tertiary/aromatic N) is 3. The van der Waals surface area contributed by atoms with Gasteiger partial charge in [0.05, 0.1) is 0 Å². The van der Waals surface area contributed by atoms with E-state index < -0.39 is 0 Å². The van der Waals surface area contributed by atoms with Gasteiger partial charge < -0.3 is 5.32 Å². The maximum absolute atomic E-state index is 4.47. The summed E-state index contributed by atoms with van der Waals surface area (Å²) in [5, 5.41) is 12.4. The van der Waals surface area contributed by atoms with Gasteiger partial charge in [0, 0.05) is 25.7 Å². The third-order valence-electron chi connectivity index (χ3n) is 3.30. The highest BCUT2D eigenvalue weighted by atomic mass is 35.5. The molecule has 0 aliphatic rings. The third kappa shape index (κ3) is 3.93. The molecule has 0 bridgehead atoms. The highest BCUT2D eigenvalue weighted by Gasteiger charge is 2.11. The lowest BCUT2D eigenvalue weighted by molar-refractivity contribution is 0.623. The van der Waals surface area contributed by atoms with Crippen molar-refractivity contribution in [3.63, 3.8) is 0 Å². The molecule has 0 amide bonds. The van der Waals surface area contributed by atoms with Crippen LogP contribution in [0.1, 0.15) is 11.3 Å². The lowest BCUT2D eigenvalue weighted by Gasteiger charge is -2.04. The predicted molar refractivity (Wildman–Crippen MR) is 90.7 cm³/mol. The van der Waals surface area contributed by atoms with E-state index in [-0.39, 0.29) is 12.4 Å². The van der Waals surface area contributed by atoms with Crippen molar-refractivity contribution in [3.8, 4) is 11.3 Å². The molecule has 0 saturated heterocycles. The molecule has 3 aromatic rings. The smallest absolute Gasteiger partial charge is 0.117 e. The van der Waals surface area contributed by atoms with Crippen LogP contribution in [0.5, 0.6) is 0 Å². The van der Waals surface area contributed by atoms with Gasteiger partial charge in [-0.1, -0.05) is 60.7 Å². The zero-order valence-electron chi connectivity index (χ0n) is 12.4. The average Bonchev–Trinajstić information content (AvgIpc) is 2.90. The van der Waals surface area contributed by atoms with E-state index in [1.165, 1.54) is 5.56 Å². The molecule has 0 saturated carbocycles. The van der Waals surface area contributed by atoms with Crippen LogP contribution in [0.4, 0.5) is 0 Å². The van der Waals surface area contributed by atoms with Crippen molar-refractivity contribution >= 4 is 12.4 Å². The number of hydrogen-bond acceptors (Lipinski definition) is 3. The molecular weight excluding hydrogens is 296 g/mol. The summed E-state index contributed by atoms with van der Waals surface area (Å²) in [6, 6.07) is 20.5. The largest absolute Gasteiger partial charge is 0.307 e. The van der Waals surface area contributed by atoms with Gasteiger partial charge in [0.15, 0.2) is 0 Å². The predicted octanol–water partition coefficient (Wildman–Crippen LogP) is 3.19. The lowest BCUT2D eigenvalue weighted by atomic mass is 10.1. The van der Waals surface area contributed by atoms with Gasteiger partial charge in [-0.2, -0.15) is 15.0 Å². The van der Waals surface area contributed by atoms with E-state index in [0.29, 0.717) is 6.54 Å². The zero-order valence-corrected chi connectivity index (χ0v) is 13.3. The number of aromatic nitrogens is 3. The molecule has 0 unspecified atom stereocenters. The Labute approximate surface area is 136 Å². The molecule has 114 valence electrons. The number of aryl methyl sites for hydroxylation is 1. The SMILES string of the molecule is Cl.Cn1nc(CNCc2ccccc2)c(-c2ccccc2)n1. The maximum atomic E-state index is 4.47. The van der Waals surface area contributed by atoms with Gasteiger partial charge in [-0.05, 0) is 5.56 Å². The minimum absolute atomic E-state index is 0. The molecule has 2 aromatic carbocycles. The van der Waals surface area contributed by atoms with Crippen molar-refractivity contribution in [1.29, 1.82) is 0 Å². The van der Waals surface area contributed by atoms with Gasteiger partial charge in [0.2, 0.25) is 0 Å². The lowest BCUT2D eigenvalue weighted by Crippen LogP contribution is -2.13. The maximum Gasteiger partial charge on any atom is 0.117 e. The van der Waals surface area contributed by atoms with Crippen LogP contribution in [0.2, 0.25) is 0 Å². The van der Waals surface area contributed by atoms with Crippen molar-refractivity contribution in [2.24, 2.45) is 7.05 Å². The molecule has 1 N–H and O–H groups in total. The molecule has 1 aromatic heterocycles. The number of hydrogen-bond donors (Lipinski definition) is 1. The molecule has 0 spiro atoms. The fraction of sp³-hybridized carbons (Fsp3) is 0.176. The van der Waals surface area contributed by atoms with Crippen LogP contribution in [-0.4, -0.2) is 15.0 Å². The molecule has 3 rings (SSSR count). The van der Waals surface area contributed by atoms with Crippen LogP contribution in [-0.2, 0) is 20.1 Å². The highest BCUT2D eigenvalue weighted by Crippen LogP contribution is 2.19. The summed E-state index contributed by atoms with van der Waals surface area (Å²) in [6.45, 7) is 1.53. The second kappa shape index (κ2) is 7.73. The molecule has 5 heteroatoms. The second-order valence-electron chi connectivity index (χ2n) is 4.94. The first kappa shape index (κ1) is 16.2. The number of rotatable bonds is 5. The Balaban J connectivity index is 0.00000176. The number of nitrogens with one attached hydrogen (secondary N) is 1. The van der Waals surface area contributed by atoms with Crippen molar-refractivity contribution < 1.29 is 0 Å². The summed E-state index contributed by atoms with van der Waals surface area (Å²) < 4.78 is 0. The molecule has 4 nitrogen and oxygen atoms in total. The van der Waals surface area contributed by atoms with E-state index >= 15 is 0 Å². The molecule has 0 radical (unpaired) electrons. The average molecular weight is 315 g/mol. The summed E-state index contributed by atoms with van der Waals surface area (Å²) in [5.41, 5.74) is 4.28. The first-order valence-corrected chi connectivity index (χ1v) is 7.03. The third-order valence-corrected chi connectivity index (χ3v) is 3.30. The topological polar surface area (TPSA) is 42.7 Å². The highest BCUT2D eigenvalue weighted by molar-refractivity contribution is 5.85. The van der Waals surface area contributed by atoms with Crippen molar-refractivity contribution in [3.05, 3.63) is 71.9 Å². The molecule has 22 heavy (non-hydrogen) atoms. The molecule has 0 aliphatic heterocycles. The molecule has 0 atom stereocenters. The molecular formula is C17H19ClN4. The summed E-state index contributed by atoms with van der Waals surface area (Å²) in [6.07, 6.45) is 0. The van der Waals surface area contributed by atoms with E-state index in [1.54, 1.807) is 4.80 Å². The van der Waals surface area contributed by atoms with Gasteiger partial charge in [0.1, 0.15) is 11.4 Å². The van der Waals surface area contributed by atoms with Crippen LogP contribution in [0.3, 0.4) is 0 Å². The fourth-order valence-electron chi connectivity index (χ4n) is 2.31. The van der Waals surface area contributed by atoms with Crippen molar-refractivity contribution in [1.82, 2.24) is 20.3 Å². The van der Waals surface area contributed by atoms with Crippen LogP contribution in [0, 0.1) is 0 Å². The minimum Gasteiger partial charge on any atom is -0.307 e. The first-order valence-electron chi connectivity index (χ1n) is 7.03. The minimum atomic E-state index is 0. The van der Waals surface area contributed by atoms with E-state index in [9.17, 15) is 0 Å². The van der Waals surface area contributed by atoms with Crippen LogP contribution in [0.15, 0.2) is 60.7 Å². The Hall–Kier alpha value is -2.17. The van der Waals surface area contributed by atoms with Crippen LogP contribution in [0.25, 0.3) is 11.3 Å². The quantitative estimate of drug-likeness (QED) is 0.786. The Morgan fingerprint density at radius 3 is 2.18 bits per heavy atom.